The number of benzene rings is 2. The number of anilines is 1. The van der Waals surface area contributed by atoms with Crippen molar-refractivity contribution in [3.05, 3.63) is 58.1 Å². The molecule has 2 rings (SSSR count). The van der Waals surface area contributed by atoms with Gasteiger partial charge in [-0.05, 0) is 61.2 Å². The van der Waals surface area contributed by atoms with E-state index < -0.39 is 10.0 Å². The van der Waals surface area contributed by atoms with Crippen molar-refractivity contribution in [2.45, 2.75) is 32.1 Å². The van der Waals surface area contributed by atoms with Gasteiger partial charge in [-0.25, -0.2) is 8.42 Å². The molecule has 0 saturated carbocycles. The first-order valence-electron chi connectivity index (χ1n) is 6.72. The molecule has 0 fully saturated rings. The topological polar surface area (TPSA) is 46.2 Å². The highest BCUT2D eigenvalue weighted by Gasteiger charge is 2.18. The van der Waals surface area contributed by atoms with Crippen LogP contribution in [0.1, 0.15) is 23.6 Å². The van der Waals surface area contributed by atoms with E-state index in [2.05, 4.69) is 11.6 Å². The van der Waals surface area contributed by atoms with E-state index in [9.17, 15) is 8.42 Å². The average Bonchev–Trinajstić information content (AvgIpc) is 2.43. The third-order valence-corrected chi connectivity index (χ3v) is 5.29. The molecule has 0 atom stereocenters. The largest absolute Gasteiger partial charge is 0.280 e. The van der Waals surface area contributed by atoms with E-state index in [0.29, 0.717) is 16.3 Å². The summed E-state index contributed by atoms with van der Waals surface area (Å²) in [6.07, 6.45) is 0.919. The van der Waals surface area contributed by atoms with Crippen molar-refractivity contribution in [1.82, 2.24) is 0 Å². The average molecular weight is 324 g/mol. The molecule has 21 heavy (non-hydrogen) atoms. The molecule has 2 aromatic rings. The van der Waals surface area contributed by atoms with Gasteiger partial charge in [0.2, 0.25) is 0 Å². The van der Waals surface area contributed by atoms with E-state index in [4.69, 9.17) is 11.6 Å². The second kappa shape index (κ2) is 6.08. The Morgan fingerprint density at radius 2 is 1.67 bits per heavy atom. The molecule has 5 heteroatoms. The Bertz CT molecular complexity index is 753. The maximum absolute atomic E-state index is 12.5. The second-order valence-electron chi connectivity index (χ2n) is 5.02. The lowest BCUT2D eigenvalue weighted by molar-refractivity contribution is 0.600. The third-order valence-electron chi connectivity index (χ3n) is 3.36. The molecular weight excluding hydrogens is 306 g/mol. The zero-order valence-corrected chi connectivity index (χ0v) is 13.8. The molecule has 0 aliphatic carbocycles. The molecule has 0 amide bonds. The van der Waals surface area contributed by atoms with Gasteiger partial charge >= 0.3 is 0 Å². The van der Waals surface area contributed by atoms with Gasteiger partial charge in [0.1, 0.15) is 0 Å². The number of hydrogen-bond donors (Lipinski definition) is 1. The second-order valence-corrected chi connectivity index (χ2v) is 7.08. The lowest BCUT2D eigenvalue weighted by Crippen LogP contribution is -2.14. The molecule has 0 spiro atoms. The predicted octanol–water partition coefficient (Wildman–Crippen LogP) is 4.32. The van der Waals surface area contributed by atoms with Crippen LogP contribution in [-0.2, 0) is 16.4 Å². The number of rotatable bonds is 4. The number of sulfonamides is 1. The molecule has 0 bridgehead atoms. The summed E-state index contributed by atoms with van der Waals surface area (Å²) < 4.78 is 27.6. The minimum absolute atomic E-state index is 0.254. The van der Waals surface area contributed by atoms with Gasteiger partial charge < -0.3 is 0 Å². The highest BCUT2D eigenvalue weighted by molar-refractivity contribution is 7.92. The monoisotopic (exact) mass is 323 g/mol. The van der Waals surface area contributed by atoms with Crippen molar-refractivity contribution in [2.24, 2.45) is 0 Å². The molecule has 0 heterocycles. The molecule has 0 saturated heterocycles. The van der Waals surface area contributed by atoms with Crippen molar-refractivity contribution in [2.75, 3.05) is 4.72 Å². The summed E-state index contributed by atoms with van der Waals surface area (Å²) >= 11 is 6.01. The van der Waals surface area contributed by atoms with Crippen LogP contribution in [0.3, 0.4) is 0 Å². The summed E-state index contributed by atoms with van der Waals surface area (Å²) in [6, 6.07) is 10.6. The van der Waals surface area contributed by atoms with Crippen LogP contribution >= 0.6 is 11.6 Å². The van der Waals surface area contributed by atoms with Gasteiger partial charge in [-0.2, -0.15) is 0 Å². The molecule has 3 nitrogen and oxygen atoms in total. The van der Waals surface area contributed by atoms with E-state index in [1.807, 2.05) is 12.1 Å². The Kier molecular flexibility index (Phi) is 4.59. The van der Waals surface area contributed by atoms with Crippen molar-refractivity contribution < 1.29 is 8.42 Å². The first kappa shape index (κ1) is 15.9. The van der Waals surface area contributed by atoms with Gasteiger partial charge in [-0.15, -0.1) is 0 Å². The summed E-state index contributed by atoms with van der Waals surface area (Å²) in [6.45, 7) is 5.58. The lowest BCUT2D eigenvalue weighted by Gasteiger charge is -2.12. The lowest BCUT2D eigenvalue weighted by atomic mass is 10.2. The zero-order valence-electron chi connectivity index (χ0n) is 12.3. The maximum Gasteiger partial charge on any atom is 0.262 e. The summed E-state index contributed by atoms with van der Waals surface area (Å²) in [5.74, 6) is 0. The molecule has 0 aromatic heterocycles. The molecule has 0 unspecified atom stereocenters. The number of hydrogen-bond acceptors (Lipinski definition) is 2. The van der Waals surface area contributed by atoms with Gasteiger partial charge in [0, 0.05) is 10.7 Å². The van der Waals surface area contributed by atoms with Gasteiger partial charge in [0.25, 0.3) is 10.0 Å². The highest BCUT2D eigenvalue weighted by Crippen LogP contribution is 2.25. The maximum atomic E-state index is 12.5. The third kappa shape index (κ3) is 3.57. The number of halogens is 1. The minimum Gasteiger partial charge on any atom is -0.280 e. The van der Waals surface area contributed by atoms with Crippen molar-refractivity contribution >= 4 is 27.3 Å². The van der Waals surface area contributed by atoms with Crippen LogP contribution in [0, 0.1) is 13.8 Å². The Labute approximate surface area is 131 Å². The first-order valence-corrected chi connectivity index (χ1v) is 8.58. The van der Waals surface area contributed by atoms with Crippen LogP contribution in [-0.4, -0.2) is 8.42 Å². The van der Waals surface area contributed by atoms with Crippen LogP contribution in [0.5, 0.6) is 0 Å². The van der Waals surface area contributed by atoms with E-state index in [1.165, 1.54) is 0 Å². The summed E-state index contributed by atoms with van der Waals surface area (Å²) in [7, 11) is -3.61. The molecule has 2 aromatic carbocycles. The van der Waals surface area contributed by atoms with Crippen LogP contribution in [0.2, 0.25) is 5.02 Å². The smallest absolute Gasteiger partial charge is 0.262 e. The van der Waals surface area contributed by atoms with Crippen LogP contribution in [0.15, 0.2) is 41.3 Å². The molecule has 112 valence electrons. The Morgan fingerprint density at radius 3 is 2.24 bits per heavy atom. The van der Waals surface area contributed by atoms with Crippen molar-refractivity contribution in [1.29, 1.82) is 0 Å². The van der Waals surface area contributed by atoms with Crippen LogP contribution in [0.4, 0.5) is 5.69 Å². The first-order chi connectivity index (χ1) is 9.83. The van der Waals surface area contributed by atoms with Crippen LogP contribution < -0.4 is 4.72 Å². The number of aryl methyl sites for hydroxylation is 3. The molecular formula is C16H18ClNO2S. The fraction of sp³-hybridized carbons (Fsp3) is 0.250. The van der Waals surface area contributed by atoms with Gasteiger partial charge in [-0.3, -0.25) is 4.72 Å². The SMILES string of the molecule is CCc1ccc(NS(=O)(=O)c2cc(C)c(Cl)cc2C)cc1. The Hall–Kier alpha value is -1.52. The molecule has 0 aliphatic heterocycles. The zero-order chi connectivity index (χ0) is 15.6. The molecule has 0 radical (unpaired) electrons. The van der Waals surface area contributed by atoms with Crippen molar-refractivity contribution in [3.63, 3.8) is 0 Å². The molecule has 0 aliphatic rings. The van der Waals surface area contributed by atoms with Crippen molar-refractivity contribution in [3.8, 4) is 0 Å². The van der Waals surface area contributed by atoms with E-state index in [-0.39, 0.29) is 4.90 Å². The standard InChI is InChI=1S/C16H18ClNO2S/c1-4-13-5-7-14(8-6-13)18-21(19,20)16-10-11(2)15(17)9-12(16)3/h5-10,18H,4H2,1-3H3. The van der Waals surface area contributed by atoms with Gasteiger partial charge in [0.05, 0.1) is 4.90 Å². The fourth-order valence-corrected chi connectivity index (χ4v) is 3.65. The quantitative estimate of drug-likeness (QED) is 0.910. The summed E-state index contributed by atoms with van der Waals surface area (Å²) in [5.41, 5.74) is 3.09. The Balaban J connectivity index is 2.35. The fourth-order valence-electron chi connectivity index (χ4n) is 2.06. The number of nitrogens with one attached hydrogen (secondary N) is 1. The van der Waals surface area contributed by atoms with E-state index >= 15 is 0 Å². The molecule has 1 N–H and O–H groups in total. The van der Waals surface area contributed by atoms with Crippen LogP contribution in [0.25, 0.3) is 0 Å². The highest BCUT2D eigenvalue weighted by atomic mass is 35.5. The van der Waals surface area contributed by atoms with Gasteiger partial charge in [-0.1, -0.05) is 30.7 Å². The summed E-state index contributed by atoms with van der Waals surface area (Å²) in [4.78, 5) is 0.254. The van der Waals surface area contributed by atoms with E-state index in [0.717, 1.165) is 17.5 Å². The normalized spacial score (nSPS) is 11.4. The predicted molar refractivity (Wildman–Crippen MR) is 87.6 cm³/mol. The van der Waals surface area contributed by atoms with E-state index in [1.54, 1.807) is 38.1 Å². The summed E-state index contributed by atoms with van der Waals surface area (Å²) in [5, 5.41) is 0.568. The minimum atomic E-state index is -3.61. The van der Waals surface area contributed by atoms with Gasteiger partial charge in [0.15, 0.2) is 0 Å². The Morgan fingerprint density at radius 1 is 1.05 bits per heavy atom.